The minimum absolute atomic E-state index is 0.129. The fourth-order valence-electron chi connectivity index (χ4n) is 1.70. The molecule has 2 aromatic rings. The standard InChI is InChI=1S/C13H11Br2NO2S/c1-8-6-12(19-13(8)15)11(14)7-9-2-4-10(5-3-9)16(17)18/h2-6,11H,7H2,1H3. The Morgan fingerprint density at radius 3 is 2.47 bits per heavy atom. The van der Waals surface area contributed by atoms with Crippen molar-refractivity contribution in [2.24, 2.45) is 0 Å². The average Bonchev–Trinajstić information content (AvgIpc) is 2.70. The molecule has 0 fully saturated rings. The third kappa shape index (κ3) is 3.64. The van der Waals surface area contributed by atoms with Crippen molar-refractivity contribution in [1.82, 2.24) is 0 Å². The maximum Gasteiger partial charge on any atom is 0.269 e. The molecule has 0 aliphatic carbocycles. The van der Waals surface area contributed by atoms with Crippen LogP contribution in [0.3, 0.4) is 0 Å². The maximum atomic E-state index is 10.6. The number of nitrogens with zero attached hydrogens (tertiary/aromatic N) is 1. The zero-order valence-electron chi connectivity index (χ0n) is 10.1. The summed E-state index contributed by atoms with van der Waals surface area (Å²) in [5, 5.41) is 10.6. The Morgan fingerprint density at radius 1 is 1.37 bits per heavy atom. The first-order valence-corrected chi connectivity index (χ1v) is 8.13. The number of hydrogen-bond acceptors (Lipinski definition) is 3. The first-order chi connectivity index (χ1) is 8.97. The summed E-state index contributed by atoms with van der Waals surface area (Å²) in [5.41, 5.74) is 2.44. The van der Waals surface area contributed by atoms with Crippen LogP contribution in [0.15, 0.2) is 34.1 Å². The molecule has 6 heteroatoms. The van der Waals surface area contributed by atoms with E-state index in [0.717, 1.165) is 15.8 Å². The van der Waals surface area contributed by atoms with Crippen molar-refractivity contribution in [2.75, 3.05) is 0 Å². The van der Waals surface area contributed by atoms with Crippen LogP contribution in [-0.2, 0) is 6.42 Å². The lowest BCUT2D eigenvalue weighted by molar-refractivity contribution is -0.384. The van der Waals surface area contributed by atoms with Gasteiger partial charge in [-0.05, 0) is 46.5 Å². The molecule has 0 aliphatic heterocycles. The van der Waals surface area contributed by atoms with E-state index in [1.54, 1.807) is 23.5 Å². The highest BCUT2D eigenvalue weighted by molar-refractivity contribution is 9.11. The quantitative estimate of drug-likeness (QED) is 0.388. The topological polar surface area (TPSA) is 43.1 Å². The second kappa shape index (κ2) is 6.15. The third-order valence-corrected chi connectivity index (χ3v) is 6.12. The summed E-state index contributed by atoms with van der Waals surface area (Å²) in [6, 6.07) is 8.86. The Morgan fingerprint density at radius 2 is 2.00 bits per heavy atom. The Hall–Kier alpha value is -0.720. The number of nitro benzene ring substituents is 1. The summed E-state index contributed by atoms with van der Waals surface area (Å²) in [6.07, 6.45) is 0.810. The van der Waals surface area contributed by atoms with Crippen LogP contribution < -0.4 is 0 Å². The summed E-state index contributed by atoms with van der Waals surface area (Å²) < 4.78 is 1.15. The monoisotopic (exact) mass is 403 g/mol. The van der Waals surface area contributed by atoms with E-state index in [4.69, 9.17) is 0 Å². The molecule has 0 amide bonds. The van der Waals surface area contributed by atoms with Crippen molar-refractivity contribution >= 4 is 48.9 Å². The Kier molecular flexibility index (Phi) is 4.76. The average molecular weight is 405 g/mol. The summed E-state index contributed by atoms with van der Waals surface area (Å²) in [4.78, 5) is 11.7. The summed E-state index contributed by atoms with van der Waals surface area (Å²) >= 11 is 8.90. The first kappa shape index (κ1) is 14.7. The van der Waals surface area contributed by atoms with Gasteiger partial charge in [0.1, 0.15) is 0 Å². The first-order valence-electron chi connectivity index (χ1n) is 5.60. The predicted molar refractivity (Wildman–Crippen MR) is 85.2 cm³/mol. The van der Waals surface area contributed by atoms with Crippen LogP contribution in [0.25, 0.3) is 0 Å². The number of thiophene rings is 1. The number of non-ortho nitro benzene ring substituents is 1. The molecule has 0 radical (unpaired) electrons. The molecule has 3 nitrogen and oxygen atoms in total. The lowest BCUT2D eigenvalue weighted by Gasteiger charge is -2.07. The smallest absolute Gasteiger partial charge is 0.258 e. The minimum atomic E-state index is -0.380. The van der Waals surface area contributed by atoms with Gasteiger partial charge in [0.25, 0.3) is 5.69 Å². The van der Waals surface area contributed by atoms with Crippen molar-refractivity contribution in [1.29, 1.82) is 0 Å². The van der Waals surface area contributed by atoms with Crippen molar-refractivity contribution in [3.05, 3.63) is 60.2 Å². The van der Waals surface area contributed by atoms with Gasteiger partial charge in [-0.1, -0.05) is 28.1 Å². The van der Waals surface area contributed by atoms with Gasteiger partial charge in [0.05, 0.1) is 13.5 Å². The van der Waals surface area contributed by atoms with Gasteiger partial charge in [0.15, 0.2) is 0 Å². The molecule has 1 aromatic heterocycles. The van der Waals surface area contributed by atoms with E-state index in [1.807, 2.05) is 12.1 Å². The second-order valence-electron chi connectivity index (χ2n) is 4.20. The number of nitro groups is 1. The number of aryl methyl sites for hydroxylation is 1. The molecule has 0 saturated heterocycles. The van der Waals surface area contributed by atoms with Gasteiger partial charge in [-0.25, -0.2) is 0 Å². The van der Waals surface area contributed by atoms with E-state index in [1.165, 1.54) is 10.4 Å². The Bertz CT molecular complexity index is 576. The highest BCUT2D eigenvalue weighted by atomic mass is 79.9. The number of benzene rings is 1. The molecule has 19 heavy (non-hydrogen) atoms. The normalized spacial score (nSPS) is 12.4. The molecule has 2 rings (SSSR count). The van der Waals surface area contributed by atoms with Crippen LogP contribution in [0.4, 0.5) is 5.69 Å². The van der Waals surface area contributed by atoms with Crippen molar-refractivity contribution in [2.45, 2.75) is 18.2 Å². The Labute approximate surface area is 132 Å². The van der Waals surface area contributed by atoms with Gasteiger partial charge in [-0.2, -0.15) is 0 Å². The van der Waals surface area contributed by atoms with Gasteiger partial charge in [-0.3, -0.25) is 10.1 Å². The molecule has 1 heterocycles. The Balaban J connectivity index is 2.10. The highest BCUT2D eigenvalue weighted by Crippen LogP contribution is 2.37. The fourth-order valence-corrected chi connectivity index (χ4v) is 4.03. The van der Waals surface area contributed by atoms with Gasteiger partial charge < -0.3 is 0 Å². The van der Waals surface area contributed by atoms with E-state index in [9.17, 15) is 10.1 Å². The molecular weight excluding hydrogens is 394 g/mol. The summed E-state index contributed by atoms with van der Waals surface area (Å²) in [5.74, 6) is 0. The van der Waals surface area contributed by atoms with Crippen LogP contribution in [0.1, 0.15) is 20.8 Å². The molecule has 0 aliphatic rings. The fraction of sp³-hybridized carbons (Fsp3) is 0.231. The molecule has 0 N–H and O–H groups in total. The second-order valence-corrected chi connectivity index (χ2v) is 7.71. The largest absolute Gasteiger partial charge is 0.269 e. The molecule has 1 unspecified atom stereocenters. The predicted octanol–water partition coefficient (Wildman–Crippen LogP) is 5.41. The van der Waals surface area contributed by atoms with E-state index in [0.29, 0.717) is 0 Å². The SMILES string of the molecule is Cc1cc(C(Br)Cc2ccc([N+](=O)[O-])cc2)sc1Br. The van der Waals surface area contributed by atoms with Gasteiger partial charge in [-0.15, -0.1) is 11.3 Å². The van der Waals surface area contributed by atoms with Crippen LogP contribution in [0, 0.1) is 17.0 Å². The number of halogens is 2. The van der Waals surface area contributed by atoms with E-state index >= 15 is 0 Å². The van der Waals surface area contributed by atoms with Crippen molar-refractivity contribution < 1.29 is 4.92 Å². The lowest BCUT2D eigenvalue weighted by atomic mass is 10.1. The zero-order chi connectivity index (χ0) is 14.0. The van der Waals surface area contributed by atoms with Crippen LogP contribution >= 0.6 is 43.2 Å². The molecule has 1 aromatic carbocycles. The maximum absolute atomic E-state index is 10.6. The molecular formula is C13H11Br2NO2S. The summed E-state index contributed by atoms with van der Waals surface area (Å²) in [7, 11) is 0. The van der Waals surface area contributed by atoms with E-state index in [2.05, 4.69) is 44.8 Å². The minimum Gasteiger partial charge on any atom is -0.258 e. The van der Waals surface area contributed by atoms with Crippen LogP contribution in [0.5, 0.6) is 0 Å². The molecule has 1 atom stereocenters. The molecule has 0 saturated carbocycles. The van der Waals surface area contributed by atoms with Crippen molar-refractivity contribution in [3.63, 3.8) is 0 Å². The van der Waals surface area contributed by atoms with Crippen LogP contribution in [0.2, 0.25) is 0 Å². The van der Waals surface area contributed by atoms with Gasteiger partial charge in [0, 0.05) is 17.0 Å². The van der Waals surface area contributed by atoms with Gasteiger partial charge >= 0.3 is 0 Å². The highest BCUT2D eigenvalue weighted by Gasteiger charge is 2.13. The van der Waals surface area contributed by atoms with Crippen LogP contribution in [-0.4, -0.2) is 4.92 Å². The summed E-state index contributed by atoms with van der Waals surface area (Å²) in [6.45, 7) is 2.07. The molecule has 100 valence electrons. The van der Waals surface area contributed by atoms with E-state index < -0.39 is 0 Å². The third-order valence-electron chi connectivity index (χ3n) is 2.75. The molecule has 0 spiro atoms. The lowest BCUT2D eigenvalue weighted by Crippen LogP contribution is -1.94. The zero-order valence-corrected chi connectivity index (χ0v) is 14.1. The molecule has 0 bridgehead atoms. The van der Waals surface area contributed by atoms with Crippen molar-refractivity contribution in [3.8, 4) is 0 Å². The number of alkyl halides is 1. The number of rotatable bonds is 4. The number of hydrogen-bond donors (Lipinski definition) is 0. The van der Waals surface area contributed by atoms with E-state index in [-0.39, 0.29) is 15.4 Å². The van der Waals surface area contributed by atoms with Gasteiger partial charge in [0.2, 0.25) is 0 Å².